The summed E-state index contributed by atoms with van der Waals surface area (Å²) in [6, 6.07) is 14.9. The van der Waals surface area contributed by atoms with E-state index in [0.29, 0.717) is 6.61 Å². The van der Waals surface area contributed by atoms with E-state index in [9.17, 15) is 0 Å². The van der Waals surface area contributed by atoms with Crippen molar-refractivity contribution in [1.82, 2.24) is 9.80 Å². The fourth-order valence-electron chi connectivity index (χ4n) is 4.84. The highest BCUT2D eigenvalue weighted by atomic mass is 16.5. The summed E-state index contributed by atoms with van der Waals surface area (Å²) in [4.78, 5) is 4.99. The first-order chi connectivity index (χ1) is 14.7. The molecule has 0 aliphatic carbocycles. The molecule has 162 valence electrons. The molecule has 0 saturated carbocycles. The quantitative estimate of drug-likeness (QED) is 0.697. The van der Waals surface area contributed by atoms with Crippen LogP contribution >= 0.6 is 0 Å². The van der Waals surface area contributed by atoms with Gasteiger partial charge in [0.1, 0.15) is 5.60 Å². The molecule has 0 bridgehead atoms. The normalized spacial score (nSPS) is 22.5. The van der Waals surface area contributed by atoms with Crippen LogP contribution in [-0.2, 0) is 16.8 Å². The molecule has 1 saturated heterocycles. The van der Waals surface area contributed by atoms with E-state index in [2.05, 4.69) is 59.3 Å². The van der Waals surface area contributed by atoms with E-state index < -0.39 is 5.60 Å². The van der Waals surface area contributed by atoms with Crippen LogP contribution in [-0.4, -0.2) is 70.4 Å². The van der Waals surface area contributed by atoms with Crippen molar-refractivity contribution in [3.63, 3.8) is 0 Å². The van der Waals surface area contributed by atoms with Crippen molar-refractivity contribution < 1.29 is 14.2 Å². The third kappa shape index (κ3) is 4.20. The molecule has 2 aliphatic rings. The lowest BCUT2D eigenvalue weighted by Gasteiger charge is -2.41. The van der Waals surface area contributed by atoms with Crippen LogP contribution in [0.3, 0.4) is 0 Å². The first-order valence-electron chi connectivity index (χ1n) is 11.0. The molecule has 2 aliphatic heterocycles. The molecule has 0 aromatic heterocycles. The summed E-state index contributed by atoms with van der Waals surface area (Å²) in [7, 11) is 5.60. The van der Waals surface area contributed by atoms with Gasteiger partial charge in [0.05, 0.1) is 20.8 Å². The molecule has 2 heterocycles. The van der Waals surface area contributed by atoms with Gasteiger partial charge in [0.15, 0.2) is 11.5 Å². The monoisotopic (exact) mass is 410 g/mol. The number of piperazine rings is 1. The Balaban J connectivity index is 1.64. The number of ether oxygens (including phenoxy) is 3. The van der Waals surface area contributed by atoms with E-state index in [1.54, 1.807) is 14.2 Å². The van der Waals surface area contributed by atoms with Gasteiger partial charge in [0.2, 0.25) is 0 Å². The maximum absolute atomic E-state index is 6.63. The molecular weight excluding hydrogens is 376 g/mol. The predicted molar refractivity (Wildman–Crippen MR) is 120 cm³/mol. The predicted octanol–water partition coefficient (Wildman–Crippen LogP) is 3.55. The van der Waals surface area contributed by atoms with Crippen LogP contribution in [0.4, 0.5) is 0 Å². The highest BCUT2D eigenvalue weighted by Gasteiger charge is 2.40. The number of likely N-dealkylation sites (N-methyl/N-ethyl adjacent to an activating group) is 1. The van der Waals surface area contributed by atoms with Crippen LogP contribution in [0.5, 0.6) is 11.5 Å². The smallest absolute Gasteiger partial charge is 0.161 e. The van der Waals surface area contributed by atoms with Gasteiger partial charge in [-0.1, -0.05) is 30.3 Å². The summed E-state index contributed by atoms with van der Waals surface area (Å²) in [6.07, 6.45) is 2.93. The van der Waals surface area contributed by atoms with Crippen LogP contribution < -0.4 is 9.47 Å². The molecule has 2 aromatic rings. The summed E-state index contributed by atoms with van der Waals surface area (Å²) in [5, 5.41) is 0. The van der Waals surface area contributed by atoms with Crippen molar-refractivity contribution in [2.24, 2.45) is 0 Å². The average molecular weight is 411 g/mol. The van der Waals surface area contributed by atoms with Gasteiger partial charge in [-0.25, -0.2) is 0 Å². The Hall–Kier alpha value is -2.08. The highest BCUT2D eigenvalue weighted by Crippen LogP contribution is 2.46. The van der Waals surface area contributed by atoms with Gasteiger partial charge in [-0.3, -0.25) is 0 Å². The number of nitrogens with zero attached hydrogens (tertiary/aromatic N) is 2. The first-order valence-corrected chi connectivity index (χ1v) is 11.0. The lowest BCUT2D eigenvalue weighted by atomic mass is 9.77. The molecule has 0 radical (unpaired) electrons. The number of benzene rings is 2. The number of fused-ring (bicyclic) bond motifs is 1. The van der Waals surface area contributed by atoms with E-state index in [1.807, 2.05) is 0 Å². The van der Waals surface area contributed by atoms with Gasteiger partial charge in [-0.05, 0) is 61.7 Å². The maximum atomic E-state index is 6.63. The summed E-state index contributed by atoms with van der Waals surface area (Å²) in [6.45, 7) is 6.43. The molecule has 1 unspecified atom stereocenters. The second kappa shape index (κ2) is 9.38. The van der Waals surface area contributed by atoms with Crippen LogP contribution in [0.2, 0.25) is 0 Å². The molecule has 1 fully saturated rings. The van der Waals surface area contributed by atoms with Crippen molar-refractivity contribution in [1.29, 1.82) is 0 Å². The van der Waals surface area contributed by atoms with E-state index in [-0.39, 0.29) is 0 Å². The Morgan fingerprint density at radius 1 is 0.967 bits per heavy atom. The molecule has 2 aromatic carbocycles. The van der Waals surface area contributed by atoms with Crippen LogP contribution in [0.25, 0.3) is 0 Å². The minimum atomic E-state index is -0.443. The minimum Gasteiger partial charge on any atom is -0.493 e. The van der Waals surface area contributed by atoms with E-state index in [1.165, 1.54) is 16.7 Å². The largest absolute Gasteiger partial charge is 0.493 e. The topological polar surface area (TPSA) is 34.2 Å². The van der Waals surface area contributed by atoms with Crippen molar-refractivity contribution in [2.45, 2.75) is 24.9 Å². The van der Waals surface area contributed by atoms with Crippen LogP contribution in [0.1, 0.15) is 29.5 Å². The van der Waals surface area contributed by atoms with E-state index >= 15 is 0 Å². The Kier molecular flexibility index (Phi) is 6.61. The van der Waals surface area contributed by atoms with Gasteiger partial charge in [0, 0.05) is 26.2 Å². The third-order valence-electron chi connectivity index (χ3n) is 6.60. The minimum absolute atomic E-state index is 0.443. The van der Waals surface area contributed by atoms with Crippen molar-refractivity contribution in [2.75, 3.05) is 60.6 Å². The zero-order chi connectivity index (χ0) is 21.0. The zero-order valence-electron chi connectivity index (χ0n) is 18.5. The lowest BCUT2D eigenvalue weighted by molar-refractivity contribution is -0.0378. The summed E-state index contributed by atoms with van der Waals surface area (Å²) >= 11 is 0. The van der Waals surface area contributed by atoms with Crippen molar-refractivity contribution in [3.8, 4) is 11.5 Å². The molecular formula is C25H34N2O3. The summed E-state index contributed by atoms with van der Waals surface area (Å²) < 4.78 is 17.9. The van der Waals surface area contributed by atoms with Gasteiger partial charge in [0.25, 0.3) is 0 Å². The molecule has 0 spiro atoms. The molecule has 0 N–H and O–H groups in total. The van der Waals surface area contributed by atoms with Gasteiger partial charge >= 0.3 is 0 Å². The number of hydrogen-bond donors (Lipinski definition) is 0. The Labute approximate surface area is 180 Å². The molecule has 4 rings (SSSR count). The Bertz CT molecular complexity index is 834. The number of hydrogen-bond acceptors (Lipinski definition) is 5. The van der Waals surface area contributed by atoms with Crippen LogP contribution in [0, 0.1) is 0 Å². The lowest BCUT2D eigenvalue weighted by Crippen LogP contribution is -2.45. The molecule has 5 heteroatoms. The second-order valence-electron chi connectivity index (χ2n) is 8.40. The third-order valence-corrected chi connectivity index (χ3v) is 6.60. The summed E-state index contributed by atoms with van der Waals surface area (Å²) in [5.74, 6) is 1.55. The molecule has 0 amide bonds. The zero-order valence-corrected chi connectivity index (χ0v) is 18.5. The van der Waals surface area contributed by atoms with E-state index in [4.69, 9.17) is 14.2 Å². The Morgan fingerprint density at radius 2 is 1.67 bits per heavy atom. The Morgan fingerprint density at radius 3 is 2.37 bits per heavy atom. The fourth-order valence-corrected chi connectivity index (χ4v) is 4.84. The van der Waals surface area contributed by atoms with Crippen molar-refractivity contribution in [3.05, 3.63) is 59.2 Å². The first kappa shape index (κ1) is 21.2. The number of rotatable bonds is 7. The maximum Gasteiger partial charge on any atom is 0.161 e. The second-order valence-corrected chi connectivity index (χ2v) is 8.40. The van der Waals surface area contributed by atoms with Crippen LogP contribution in [0.15, 0.2) is 42.5 Å². The van der Waals surface area contributed by atoms with Gasteiger partial charge < -0.3 is 24.0 Å². The number of methoxy groups -OCH3 is 2. The molecule has 5 nitrogen and oxygen atoms in total. The molecule has 1 atom stereocenters. The van der Waals surface area contributed by atoms with Gasteiger partial charge in [-0.2, -0.15) is 0 Å². The molecule has 30 heavy (non-hydrogen) atoms. The standard InChI is InChI=1S/C25H34N2O3/c1-26-13-15-27(16-14-26)12-7-11-25(21-8-5-4-6-9-21)22-19-24(29-3)23(28-2)18-20(22)10-17-30-25/h4-6,8-9,18-19H,7,10-17H2,1-3H3. The van der Waals surface area contributed by atoms with E-state index in [0.717, 1.165) is 63.5 Å². The summed E-state index contributed by atoms with van der Waals surface area (Å²) in [5.41, 5.74) is 3.29. The van der Waals surface area contributed by atoms with Gasteiger partial charge in [-0.15, -0.1) is 0 Å². The fraction of sp³-hybridized carbons (Fsp3) is 0.520. The highest BCUT2D eigenvalue weighted by molar-refractivity contribution is 5.53. The average Bonchev–Trinajstić information content (AvgIpc) is 2.80. The SMILES string of the molecule is COc1cc2c(cc1OC)C(CCCN1CCN(C)CC1)(c1ccccc1)OCC2. The van der Waals surface area contributed by atoms with Crippen molar-refractivity contribution >= 4 is 0 Å².